The molecule has 0 bridgehead atoms. The van der Waals surface area contributed by atoms with Crippen LogP contribution in [-0.4, -0.2) is 24.5 Å². The Balaban J connectivity index is 1.85. The van der Waals surface area contributed by atoms with E-state index >= 15 is 0 Å². The summed E-state index contributed by atoms with van der Waals surface area (Å²) in [7, 11) is 0. The lowest BCUT2D eigenvalue weighted by atomic mass is 10.1. The molecular weight excluding hydrogens is 260 g/mol. The number of hydrogen-bond acceptors (Lipinski definition) is 3. The normalized spacial score (nSPS) is 17.2. The molecule has 3 nitrogen and oxygen atoms in total. The van der Waals surface area contributed by atoms with Gasteiger partial charge < -0.3 is 9.73 Å². The zero-order valence-corrected chi connectivity index (χ0v) is 13.0. The maximum atomic E-state index is 6.16. The molecule has 1 N–H and O–H groups in total. The van der Waals surface area contributed by atoms with E-state index < -0.39 is 0 Å². The lowest BCUT2D eigenvalue weighted by Crippen LogP contribution is -2.24. The van der Waals surface area contributed by atoms with Crippen molar-refractivity contribution in [1.29, 1.82) is 0 Å². The largest absolute Gasteiger partial charge is 0.459 e. The molecule has 0 radical (unpaired) electrons. The Morgan fingerprint density at radius 2 is 1.86 bits per heavy atom. The molecule has 1 aromatic heterocycles. The van der Waals surface area contributed by atoms with Gasteiger partial charge in [-0.05, 0) is 38.5 Å². The third kappa shape index (κ3) is 3.47. The van der Waals surface area contributed by atoms with Crippen molar-refractivity contribution < 1.29 is 4.42 Å². The summed E-state index contributed by atoms with van der Waals surface area (Å²) in [6.45, 7) is 7.40. The maximum absolute atomic E-state index is 6.16. The van der Waals surface area contributed by atoms with Crippen molar-refractivity contribution in [2.45, 2.75) is 45.7 Å². The van der Waals surface area contributed by atoms with Crippen LogP contribution in [0.4, 0.5) is 0 Å². The Morgan fingerprint density at radius 3 is 2.62 bits per heavy atom. The fraction of sp³-hybridized carbons (Fsp3) is 0.556. The average Bonchev–Trinajstić information content (AvgIpc) is 2.67. The molecule has 0 atom stereocenters. The number of para-hydroxylation sites is 1. The van der Waals surface area contributed by atoms with Gasteiger partial charge >= 0.3 is 0 Å². The zero-order valence-electron chi connectivity index (χ0n) is 13.0. The SMILES string of the molecule is CCNCc1c(CN2CCCCCC2)oc2ccccc12. The van der Waals surface area contributed by atoms with Crippen molar-refractivity contribution in [2.24, 2.45) is 0 Å². The Morgan fingerprint density at radius 1 is 1.10 bits per heavy atom. The summed E-state index contributed by atoms with van der Waals surface area (Å²) in [6, 6.07) is 8.41. The molecule has 0 unspecified atom stereocenters. The summed E-state index contributed by atoms with van der Waals surface area (Å²) in [6.07, 6.45) is 5.40. The molecule has 1 aromatic carbocycles. The highest BCUT2D eigenvalue weighted by Gasteiger charge is 2.17. The standard InChI is InChI=1S/C18H26N2O/c1-2-19-13-16-15-9-5-6-10-17(15)21-18(16)14-20-11-7-3-4-8-12-20/h5-6,9-10,19H,2-4,7-8,11-14H2,1H3. The molecule has 21 heavy (non-hydrogen) atoms. The molecule has 0 amide bonds. The molecule has 2 heterocycles. The van der Waals surface area contributed by atoms with Crippen LogP contribution in [0.2, 0.25) is 0 Å². The first-order valence-electron chi connectivity index (χ1n) is 8.31. The van der Waals surface area contributed by atoms with Gasteiger partial charge in [-0.2, -0.15) is 0 Å². The van der Waals surface area contributed by atoms with Crippen LogP contribution in [0.3, 0.4) is 0 Å². The average molecular weight is 286 g/mol. The molecule has 0 spiro atoms. The van der Waals surface area contributed by atoms with Crippen LogP contribution in [0, 0.1) is 0 Å². The Bertz CT molecular complexity index is 568. The molecule has 2 aromatic rings. The van der Waals surface area contributed by atoms with Crippen molar-refractivity contribution >= 4 is 11.0 Å². The Kier molecular flexibility index (Phi) is 4.94. The smallest absolute Gasteiger partial charge is 0.134 e. The van der Waals surface area contributed by atoms with Gasteiger partial charge in [0.15, 0.2) is 0 Å². The number of hydrogen-bond donors (Lipinski definition) is 1. The molecule has 0 aliphatic carbocycles. The highest BCUT2D eigenvalue weighted by Crippen LogP contribution is 2.27. The summed E-state index contributed by atoms with van der Waals surface area (Å²) in [5.74, 6) is 1.15. The van der Waals surface area contributed by atoms with Crippen molar-refractivity contribution in [3.63, 3.8) is 0 Å². The van der Waals surface area contributed by atoms with E-state index in [4.69, 9.17) is 4.42 Å². The molecule has 1 fully saturated rings. The van der Waals surface area contributed by atoms with Gasteiger partial charge in [0.1, 0.15) is 11.3 Å². The van der Waals surface area contributed by atoms with Crippen LogP contribution in [0.15, 0.2) is 28.7 Å². The number of furan rings is 1. The summed E-state index contributed by atoms with van der Waals surface area (Å²) in [5.41, 5.74) is 2.37. The number of rotatable bonds is 5. The van der Waals surface area contributed by atoms with Crippen molar-refractivity contribution in [3.05, 3.63) is 35.6 Å². The fourth-order valence-corrected chi connectivity index (χ4v) is 3.22. The zero-order chi connectivity index (χ0) is 14.5. The molecular formula is C18H26N2O. The molecule has 1 aliphatic rings. The van der Waals surface area contributed by atoms with Gasteiger partial charge in [-0.3, -0.25) is 4.90 Å². The van der Waals surface area contributed by atoms with E-state index in [2.05, 4.69) is 41.4 Å². The summed E-state index contributed by atoms with van der Waals surface area (Å²) in [5, 5.41) is 4.72. The first kappa shape index (κ1) is 14.6. The van der Waals surface area contributed by atoms with Gasteiger partial charge in [0.05, 0.1) is 6.54 Å². The molecule has 0 saturated carbocycles. The minimum Gasteiger partial charge on any atom is -0.459 e. The van der Waals surface area contributed by atoms with E-state index in [1.54, 1.807) is 0 Å². The first-order valence-corrected chi connectivity index (χ1v) is 8.31. The van der Waals surface area contributed by atoms with Crippen LogP contribution in [-0.2, 0) is 13.1 Å². The highest BCUT2D eigenvalue weighted by molar-refractivity contribution is 5.82. The van der Waals surface area contributed by atoms with Gasteiger partial charge in [-0.15, -0.1) is 0 Å². The van der Waals surface area contributed by atoms with E-state index in [1.165, 1.54) is 49.7 Å². The quantitative estimate of drug-likeness (QED) is 0.903. The fourth-order valence-electron chi connectivity index (χ4n) is 3.22. The summed E-state index contributed by atoms with van der Waals surface area (Å²) >= 11 is 0. The van der Waals surface area contributed by atoms with Crippen molar-refractivity contribution in [1.82, 2.24) is 10.2 Å². The van der Waals surface area contributed by atoms with E-state index in [-0.39, 0.29) is 0 Å². The maximum Gasteiger partial charge on any atom is 0.134 e. The number of likely N-dealkylation sites (tertiary alicyclic amines) is 1. The molecule has 114 valence electrons. The van der Waals surface area contributed by atoms with Gasteiger partial charge in [0.2, 0.25) is 0 Å². The highest BCUT2D eigenvalue weighted by atomic mass is 16.3. The predicted molar refractivity (Wildman–Crippen MR) is 87.3 cm³/mol. The Hall–Kier alpha value is -1.32. The first-order chi connectivity index (χ1) is 10.4. The lowest BCUT2D eigenvalue weighted by molar-refractivity contribution is 0.254. The minimum absolute atomic E-state index is 0.899. The number of benzene rings is 1. The minimum atomic E-state index is 0.899. The molecule has 3 rings (SSSR count). The van der Waals surface area contributed by atoms with Crippen LogP contribution >= 0.6 is 0 Å². The predicted octanol–water partition coefficient (Wildman–Crippen LogP) is 3.92. The van der Waals surface area contributed by atoms with E-state index in [0.717, 1.165) is 31.0 Å². The van der Waals surface area contributed by atoms with E-state index in [1.807, 2.05) is 0 Å². The third-order valence-electron chi connectivity index (χ3n) is 4.40. The van der Waals surface area contributed by atoms with Crippen molar-refractivity contribution in [3.8, 4) is 0 Å². The van der Waals surface area contributed by atoms with Crippen LogP contribution in [0.1, 0.15) is 43.9 Å². The molecule has 1 saturated heterocycles. The van der Waals surface area contributed by atoms with E-state index in [0.29, 0.717) is 0 Å². The number of nitrogens with zero attached hydrogens (tertiary/aromatic N) is 1. The molecule has 1 aliphatic heterocycles. The monoisotopic (exact) mass is 286 g/mol. The summed E-state index contributed by atoms with van der Waals surface area (Å²) in [4.78, 5) is 2.56. The topological polar surface area (TPSA) is 28.4 Å². The van der Waals surface area contributed by atoms with Crippen LogP contribution in [0.25, 0.3) is 11.0 Å². The van der Waals surface area contributed by atoms with Crippen molar-refractivity contribution in [2.75, 3.05) is 19.6 Å². The summed E-state index contributed by atoms with van der Waals surface area (Å²) < 4.78 is 6.16. The number of fused-ring (bicyclic) bond motifs is 1. The second-order valence-electron chi connectivity index (χ2n) is 5.97. The van der Waals surface area contributed by atoms with Crippen LogP contribution < -0.4 is 5.32 Å². The van der Waals surface area contributed by atoms with Gasteiger partial charge in [-0.25, -0.2) is 0 Å². The molecule has 3 heteroatoms. The van der Waals surface area contributed by atoms with Gasteiger partial charge in [0, 0.05) is 17.5 Å². The van der Waals surface area contributed by atoms with Gasteiger partial charge in [0.25, 0.3) is 0 Å². The van der Waals surface area contributed by atoms with Gasteiger partial charge in [-0.1, -0.05) is 38.0 Å². The number of nitrogens with one attached hydrogen (secondary N) is 1. The second kappa shape index (κ2) is 7.10. The Labute approximate surface area is 127 Å². The lowest BCUT2D eigenvalue weighted by Gasteiger charge is -2.19. The third-order valence-corrected chi connectivity index (χ3v) is 4.40. The van der Waals surface area contributed by atoms with E-state index in [9.17, 15) is 0 Å². The second-order valence-corrected chi connectivity index (χ2v) is 5.97. The van der Waals surface area contributed by atoms with Crippen LogP contribution in [0.5, 0.6) is 0 Å².